The highest BCUT2D eigenvalue weighted by Crippen LogP contribution is 2.38. The number of rotatable bonds is 6. The summed E-state index contributed by atoms with van der Waals surface area (Å²) in [5, 5.41) is 0.852. The Hall–Kier alpha value is -3.40. The van der Waals surface area contributed by atoms with Crippen molar-refractivity contribution < 1.29 is 13.5 Å². The van der Waals surface area contributed by atoms with Gasteiger partial charge in [0.1, 0.15) is 12.4 Å². The van der Waals surface area contributed by atoms with Crippen molar-refractivity contribution in [3.8, 4) is 11.4 Å². The van der Waals surface area contributed by atoms with Gasteiger partial charge in [0.05, 0.1) is 5.52 Å². The van der Waals surface area contributed by atoms with E-state index >= 15 is 4.39 Å². The van der Waals surface area contributed by atoms with Gasteiger partial charge >= 0.3 is 0 Å². The first-order chi connectivity index (χ1) is 14.9. The Kier molecular flexibility index (Phi) is 5.64. The number of hydrogen-bond donors (Lipinski definition) is 0. The molecule has 1 aromatic heterocycles. The molecule has 0 spiro atoms. The van der Waals surface area contributed by atoms with Crippen LogP contribution in [-0.2, 0) is 6.61 Å². The maximum absolute atomic E-state index is 15.1. The first-order valence-corrected chi connectivity index (χ1v) is 10.3. The maximum atomic E-state index is 15.1. The highest BCUT2D eigenvalue weighted by Gasteiger charge is 2.22. The summed E-state index contributed by atoms with van der Waals surface area (Å²) in [6.07, 6.45) is 1.80. The standard InChI is InChI=1S/C27H25F2NO/c1-5-21-22-14-26(31-16-19-9-7-6-8-10-19)24(29)15-25(22)30(27(21)17(2)3)20-11-12-23(28)18(4)13-20/h5-15,17H,1,16H2,2-4H3. The number of halogens is 2. The van der Waals surface area contributed by atoms with E-state index < -0.39 is 5.82 Å². The van der Waals surface area contributed by atoms with Gasteiger partial charge in [-0.05, 0) is 48.2 Å². The van der Waals surface area contributed by atoms with Crippen LogP contribution in [0, 0.1) is 18.6 Å². The van der Waals surface area contributed by atoms with E-state index in [4.69, 9.17) is 4.74 Å². The minimum atomic E-state index is -0.438. The number of aryl methyl sites for hydroxylation is 1. The quantitative estimate of drug-likeness (QED) is 0.316. The molecule has 4 heteroatoms. The van der Waals surface area contributed by atoms with Crippen LogP contribution in [0.1, 0.15) is 42.1 Å². The van der Waals surface area contributed by atoms with Gasteiger partial charge in [-0.15, -0.1) is 0 Å². The lowest BCUT2D eigenvalue weighted by Gasteiger charge is -2.15. The Morgan fingerprint density at radius 2 is 1.74 bits per heavy atom. The zero-order valence-electron chi connectivity index (χ0n) is 18.0. The molecule has 158 valence electrons. The molecule has 4 rings (SSSR count). The van der Waals surface area contributed by atoms with Gasteiger partial charge in [0, 0.05) is 28.4 Å². The molecule has 2 nitrogen and oxygen atoms in total. The average Bonchev–Trinajstić information content (AvgIpc) is 3.08. The van der Waals surface area contributed by atoms with Crippen LogP contribution in [0.4, 0.5) is 8.78 Å². The second kappa shape index (κ2) is 8.38. The van der Waals surface area contributed by atoms with Crippen LogP contribution in [0.5, 0.6) is 5.75 Å². The monoisotopic (exact) mass is 417 g/mol. The molecule has 0 bridgehead atoms. The van der Waals surface area contributed by atoms with Gasteiger partial charge in [-0.1, -0.05) is 56.8 Å². The molecule has 0 N–H and O–H groups in total. The first-order valence-electron chi connectivity index (χ1n) is 10.3. The van der Waals surface area contributed by atoms with Gasteiger partial charge in [0.2, 0.25) is 0 Å². The molecule has 0 aliphatic carbocycles. The van der Waals surface area contributed by atoms with Crippen LogP contribution in [0.25, 0.3) is 22.7 Å². The van der Waals surface area contributed by atoms with Gasteiger partial charge in [-0.25, -0.2) is 8.78 Å². The summed E-state index contributed by atoms with van der Waals surface area (Å²) in [6, 6.07) is 17.8. The molecule has 0 radical (unpaired) electrons. The Balaban J connectivity index is 1.89. The van der Waals surface area contributed by atoms with Crippen LogP contribution in [0.15, 0.2) is 67.2 Å². The molecular weight excluding hydrogens is 392 g/mol. The topological polar surface area (TPSA) is 14.2 Å². The zero-order chi connectivity index (χ0) is 22.1. The summed E-state index contributed by atoms with van der Waals surface area (Å²) in [7, 11) is 0. The van der Waals surface area contributed by atoms with Gasteiger partial charge in [0.15, 0.2) is 11.6 Å². The number of hydrogen-bond acceptors (Lipinski definition) is 1. The average molecular weight is 417 g/mol. The smallest absolute Gasteiger partial charge is 0.167 e. The van der Waals surface area contributed by atoms with Gasteiger partial charge in [0.25, 0.3) is 0 Å². The summed E-state index contributed by atoms with van der Waals surface area (Å²) >= 11 is 0. The number of benzene rings is 3. The fraction of sp³-hybridized carbons (Fsp3) is 0.185. The summed E-state index contributed by atoms with van der Waals surface area (Å²) < 4.78 is 36.8. The third kappa shape index (κ3) is 3.86. The third-order valence-corrected chi connectivity index (χ3v) is 5.49. The summed E-state index contributed by atoms with van der Waals surface area (Å²) in [4.78, 5) is 0. The van der Waals surface area contributed by atoms with E-state index in [9.17, 15) is 4.39 Å². The van der Waals surface area contributed by atoms with E-state index in [1.807, 2.05) is 34.9 Å². The molecular formula is C27H25F2NO. The molecule has 0 aliphatic heterocycles. The maximum Gasteiger partial charge on any atom is 0.167 e. The molecule has 0 saturated carbocycles. The van der Waals surface area contributed by atoms with Crippen LogP contribution in [-0.4, -0.2) is 4.57 Å². The molecule has 1 heterocycles. The second-order valence-electron chi connectivity index (χ2n) is 8.00. The van der Waals surface area contributed by atoms with Crippen molar-refractivity contribution in [1.82, 2.24) is 4.57 Å². The highest BCUT2D eigenvalue weighted by atomic mass is 19.1. The summed E-state index contributed by atoms with van der Waals surface area (Å²) in [5.41, 5.74) is 4.92. The summed E-state index contributed by atoms with van der Waals surface area (Å²) in [5.74, 6) is -0.366. The Morgan fingerprint density at radius 3 is 2.39 bits per heavy atom. The van der Waals surface area contributed by atoms with Crippen molar-refractivity contribution in [3.05, 3.63) is 101 Å². The van der Waals surface area contributed by atoms with Crippen molar-refractivity contribution in [3.63, 3.8) is 0 Å². The highest BCUT2D eigenvalue weighted by molar-refractivity contribution is 5.94. The predicted octanol–water partition coefficient (Wildman–Crippen LogP) is 7.56. The number of nitrogens with zero attached hydrogens (tertiary/aromatic N) is 1. The fourth-order valence-electron chi connectivity index (χ4n) is 4.01. The number of aromatic nitrogens is 1. The van der Waals surface area contributed by atoms with E-state index in [0.29, 0.717) is 11.1 Å². The van der Waals surface area contributed by atoms with Gasteiger partial charge < -0.3 is 9.30 Å². The molecule has 0 saturated heterocycles. The van der Waals surface area contributed by atoms with Crippen LogP contribution in [0.3, 0.4) is 0 Å². The molecule has 0 amide bonds. The van der Waals surface area contributed by atoms with Crippen molar-refractivity contribution >= 4 is 17.0 Å². The third-order valence-electron chi connectivity index (χ3n) is 5.49. The Labute approximate surface area is 181 Å². The van der Waals surface area contributed by atoms with E-state index in [1.165, 1.54) is 12.1 Å². The molecule has 0 unspecified atom stereocenters. The summed E-state index contributed by atoms with van der Waals surface area (Å²) in [6.45, 7) is 10.2. The molecule has 31 heavy (non-hydrogen) atoms. The second-order valence-corrected chi connectivity index (χ2v) is 8.00. The zero-order valence-corrected chi connectivity index (χ0v) is 18.0. The van der Waals surface area contributed by atoms with Crippen molar-refractivity contribution in [1.29, 1.82) is 0 Å². The van der Waals surface area contributed by atoms with Crippen molar-refractivity contribution in [2.75, 3.05) is 0 Å². The number of ether oxygens (including phenoxy) is 1. The van der Waals surface area contributed by atoms with Gasteiger partial charge in [-0.3, -0.25) is 0 Å². The van der Waals surface area contributed by atoms with Crippen LogP contribution < -0.4 is 4.74 Å². The first kappa shape index (κ1) is 20.9. The minimum absolute atomic E-state index is 0.141. The van der Waals surface area contributed by atoms with E-state index in [1.54, 1.807) is 31.2 Å². The molecule has 0 aliphatic rings. The minimum Gasteiger partial charge on any atom is -0.486 e. The van der Waals surface area contributed by atoms with E-state index in [-0.39, 0.29) is 24.1 Å². The van der Waals surface area contributed by atoms with E-state index in [0.717, 1.165) is 27.9 Å². The number of fused-ring (bicyclic) bond motifs is 1. The molecule has 3 aromatic carbocycles. The Bertz CT molecular complexity index is 1260. The van der Waals surface area contributed by atoms with Crippen LogP contribution >= 0.6 is 0 Å². The molecule has 0 atom stereocenters. The molecule has 0 fully saturated rings. The lowest BCUT2D eigenvalue weighted by atomic mass is 10.0. The largest absolute Gasteiger partial charge is 0.486 e. The fourth-order valence-corrected chi connectivity index (χ4v) is 4.01. The van der Waals surface area contributed by atoms with Gasteiger partial charge in [-0.2, -0.15) is 0 Å². The van der Waals surface area contributed by atoms with E-state index in [2.05, 4.69) is 20.4 Å². The normalized spacial score (nSPS) is 11.3. The molecule has 4 aromatic rings. The SMILES string of the molecule is C=Cc1c(C(C)C)n(-c2ccc(F)c(C)c2)c2cc(F)c(OCc3ccccc3)cc12. The predicted molar refractivity (Wildman–Crippen MR) is 123 cm³/mol. The van der Waals surface area contributed by atoms with Crippen LogP contribution in [0.2, 0.25) is 0 Å². The Morgan fingerprint density at radius 1 is 1.00 bits per heavy atom. The van der Waals surface area contributed by atoms with Crippen molar-refractivity contribution in [2.24, 2.45) is 0 Å². The van der Waals surface area contributed by atoms with Crippen molar-refractivity contribution in [2.45, 2.75) is 33.3 Å². The lowest BCUT2D eigenvalue weighted by Crippen LogP contribution is -2.04. The lowest BCUT2D eigenvalue weighted by molar-refractivity contribution is 0.291.